The molecule has 2 aromatic carbocycles. The third kappa shape index (κ3) is 6.17. The Hall–Kier alpha value is -3.32. The molecular weight excluding hydrogens is 450 g/mol. The zero-order valence-corrected chi connectivity index (χ0v) is 21.3. The van der Waals surface area contributed by atoms with Crippen LogP contribution in [-0.4, -0.2) is 39.2 Å². The minimum Gasteiger partial charge on any atom is -0.313 e. The van der Waals surface area contributed by atoms with Gasteiger partial charge in [0.25, 0.3) is 0 Å². The molecule has 180 valence electrons. The number of nitrogens with zero attached hydrogens (tertiary/aromatic N) is 3. The number of para-hydroxylation sites is 1. The molecule has 0 unspecified atom stereocenters. The van der Waals surface area contributed by atoms with Crippen LogP contribution in [0.15, 0.2) is 54.6 Å². The van der Waals surface area contributed by atoms with E-state index in [4.69, 9.17) is 16.7 Å². The predicted molar refractivity (Wildman–Crippen MR) is 138 cm³/mol. The molecule has 0 saturated heterocycles. The molecule has 2 N–H and O–H groups in total. The first-order valence-corrected chi connectivity index (χ1v) is 11.6. The van der Waals surface area contributed by atoms with Crippen molar-refractivity contribution in [2.75, 3.05) is 17.2 Å². The van der Waals surface area contributed by atoms with Crippen LogP contribution in [0.25, 0.3) is 5.69 Å². The van der Waals surface area contributed by atoms with Gasteiger partial charge in [-0.15, -0.1) is 0 Å². The number of amides is 3. The first-order valence-electron chi connectivity index (χ1n) is 11.3. The zero-order valence-electron chi connectivity index (χ0n) is 20.5. The molecule has 0 atom stereocenters. The van der Waals surface area contributed by atoms with E-state index in [0.717, 1.165) is 16.9 Å². The van der Waals surface area contributed by atoms with Crippen molar-refractivity contribution in [1.82, 2.24) is 14.7 Å². The number of carbonyl (C=O) groups excluding carboxylic acids is 2. The summed E-state index contributed by atoms with van der Waals surface area (Å²) in [6, 6.07) is 16.0. The first kappa shape index (κ1) is 25.3. The number of urea groups is 1. The molecule has 0 saturated carbocycles. The van der Waals surface area contributed by atoms with E-state index in [-0.39, 0.29) is 29.9 Å². The fourth-order valence-electron chi connectivity index (χ4n) is 3.38. The molecule has 8 heteroatoms. The van der Waals surface area contributed by atoms with Crippen LogP contribution in [-0.2, 0) is 10.2 Å². The summed E-state index contributed by atoms with van der Waals surface area (Å²) in [4.78, 5) is 27.4. The van der Waals surface area contributed by atoms with E-state index < -0.39 is 0 Å². The van der Waals surface area contributed by atoms with E-state index in [2.05, 4.69) is 31.4 Å². The van der Waals surface area contributed by atoms with E-state index in [1.807, 2.05) is 51.1 Å². The molecule has 3 amide bonds. The molecule has 0 bridgehead atoms. The quantitative estimate of drug-likeness (QED) is 0.452. The van der Waals surface area contributed by atoms with Crippen LogP contribution in [0.3, 0.4) is 0 Å². The summed E-state index contributed by atoms with van der Waals surface area (Å²) in [5.41, 5.74) is 3.18. The van der Waals surface area contributed by atoms with Gasteiger partial charge in [-0.3, -0.25) is 4.79 Å². The SMILES string of the molecule is Cc1ccccc1-n1nc(C(C)(C)C)cc1NC(=O)CN(C(=O)Nc1ccc(Cl)cc1)C(C)C. The van der Waals surface area contributed by atoms with Crippen molar-refractivity contribution in [2.24, 2.45) is 0 Å². The van der Waals surface area contributed by atoms with Crippen LogP contribution < -0.4 is 10.6 Å². The van der Waals surface area contributed by atoms with Gasteiger partial charge in [-0.05, 0) is 56.7 Å². The van der Waals surface area contributed by atoms with Crippen molar-refractivity contribution in [1.29, 1.82) is 0 Å². The smallest absolute Gasteiger partial charge is 0.313 e. The van der Waals surface area contributed by atoms with Crippen molar-refractivity contribution in [3.8, 4) is 5.69 Å². The van der Waals surface area contributed by atoms with Crippen LogP contribution in [0.4, 0.5) is 16.3 Å². The molecule has 0 radical (unpaired) electrons. The predicted octanol–water partition coefficient (Wildman–Crippen LogP) is 6.01. The topological polar surface area (TPSA) is 79.3 Å². The minimum absolute atomic E-state index is 0.110. The average molecular weight is 482 g/mol. The van der Waals surface area contributed by atoms with Gasteiger partial charge in [0, 0.05) is 28.2 Å². The Kier molecular flexibility index (Phi) is 7.67. The summed E-state index contributed by atoms with van der Waals surface area (Å²) >= 11 is 5.92. The Labute approximate surface area is 206 Å². The highest BCUT2D eigenvalue weighted by Gasteiger charge is 2.24. The number of aromatic nitrogens is 2. The second kappa shape index (κ2) is 10.3. The fraction of sp³-hybridized carbons (Fsp3) is 0.346. The van der Waals surface area contributed by atoms with Crippen LogP contribution in [0.5, 0.6) is 0 Å². The molecule has 3 rings (SSSR count). The Morgan fingerprint density at radius 1 is 1.06 bits per heavy atom. The van der Waals surface area contributed by atoms with E-state index in [0.29, 0.717) is 16.5 Å². The van der Waals surface area contributed by atoms with Crippen LogP contribution in [0, 0.1) is 6.92 Å². The lowest BCUT2D eigenvalue weighted by molar-refractivity contribution is -0.117. The number of benzene rings is 2. The molecule has 34 heavy (non-hydrogen) atoms. The van der Waals surface area contributed by atoms with Crippen molar-refractivity contribution in [3.05, 3.63) is 70.9 Å². The van der Waals surface area contributed by atoms with Crippen molar-refractivity contribution in [2.45, 2.75) is 53.0 Å². The molecule has 0 aliphatic rings. The van der Waals surface area contributed by atoms with Gasteiger partial charge in [0.2, 0.25) is 5.91 Å². The number of nitrogens with one attached hydrogen (secondary N) is 2. The molecular formula is C26H32ClN5O2. The number of aryl methyl sites for hydroxylation is 1. The van der Waals surface area contributed by atoms with Crippen LogP contribution in [0.1, 0.15) is 45.9 Å². The number of hydrogen-bond donors (Lipinski definition) is 2. The van der Waals surface area contributed by atoms with Gasteiger partial charge in [0.1, 0.15) is 12.4 Å². The molecule has 0 fully saturated rings. The maximum Gasteiger partial charge on any atom is 0.322 e. The lowest BCUT2D eigenvalue weighted by Crippen LogP contribution is -2.44. The highest BCUT2D eigenvalue weighted by molar-refractivity contribution is 6.30. The lowest BCUT2D eigenvalue weighted by Gasteiger charge is -2.26. The fourth-order valence-corrected chi connectivity index (χ4v) is 3.50. The molecule has 7 nitrogen and oxygen atoms in total. The third-order valence-electron chi connectivity index (χ3n) is 5.38. The Balaban J connectivity index is 1.82. The number of rotatable bonds is 6. The molecule has 0 spiro atoms. The van der Waals surface area contributed by atoms with Gasteiger partial charge in [0.15, 0.2) is 0 Å². The molecule has 1 heterocycles. The molecule has 0 aliphatic heterocycles. The van der Waals surface area contributed by atoms with Gasteiger partial charge in [0.05, 0.1) is 11.4 Å². The normalized spacial score (nSPS) is 11.4. The Morgan fingerprint density at radius 3 is 2.29 bits per heavy atom. The molecule has 0 aliphatic carbocycles. The number of halogens is 1. The standard InChI is InChI=1S/C26H32ClN5O2/c1-17(2)31(25(34)28-20-13-11-19(27)12-14-20)16-24(33)29-23-15-22(26(4,5)6)30-32(23)21-10-8-7-9-18(21)3/h7-15,17H,16H2,1-6H3,(H,28,34)(H,29,33). The highest BCUT2D eigenvalue weighted by Crippen LogP contribution is 2.27. The minimum atomic E-state index is -0.365. The van der Waals surface area contributed by atoms with E-state index >= 15 is 0 Å². The number of carbonyl (C=O) groups is 2. The van der Waals surface area contributed by atoms with Crippen molar-refractivity contribution >= 4 is 35.0 Å². The highest BCUT2D eigenvalue weighted by atomic mass is 35.5. The van der Waals surface area contributed by atoms with Gasteiger partial charge < -0.3 is 15.5 Å². The second-order valence-electron chi connectivity index (χ2n) is 9.57. The van der Waals surface area contributed by atoms with Crippen molar-refractivity contribution in [3.63, 3.8) is 0 Å². The lowest BCUT2D eigenvalue weighted by atomic mass is 9.92. The summed E-state index contributed by atoms with van der Waals surface area (Å²) < 4.78 is 1.75. The monoisotopic (exact) mass is 481 g/mol. The van der Waals surface area contributed by atoms with Gasteiger partial charge in [-0.1, -0.05) is 50.6 Å². The maximum absolute atomic E-state index is 13.1. The largest absolute Gasteiger partial charge is 0.322 e. The van der Waals surface area contributed by atoms with E-state index in [1.165, 1.54) is 4.90 Å². The summed E-state index contributed by atoms with van der Waals surface area (Å²) in [5, 5.41) is 11.1. The Bertz CT molecular complexity index is 1160. The Morgan fingerprint density at radius 2 is 1.71 bits per heavy atom. The first-order chi connectivity index (χ1) is 16.0. The number of hydrogen-bond acceptors (Lipinski definition) is 3. The summed E-state index contributed by atoms with van der Waals surface area (Å²) in [7, 11) is 0. The van der Waals surface area contributed by atoms with E-state index in [1.54, 1.807) is 28.9 Å². The summed E-state index contributed by atoms with van der Waals surface area (Å²) in [5.74, 6) is 0.251. The maximum atomic E-state index is 13.1. The molecule has 3 aromatic rings. The molecule has 1 aromatic heterocycles. The third-order valence-corrected chi connectivity index (χ3v) is 5.63. The zero-order chi connectivity index (χ0) is 25.0. The van der Waals surface area contributed by atoms with Crippen LogP contribution >= 0.6 is 11.6 Å². The number of anilines is 2. The second-order valence-corrected chi connectivity index (χ2v) is 10.0. The van der Waals surface area contributed by atoms with Crippen molar-refractivity contribution < 1.29 is 9.59 Å². The average Bonchev–Trinajstić information content (AvgIpc) is 3.17. The van der Waals surface area contributed by atoms with Gasteiger partial charge in [-0.25, -0.2) is 9.48 Å². The summed E-state index contributed by atoms with van der Waals surface area (Å²) in [6.45, 7) is 11.8. The summed E-state index contributed by atoms with van der Waals surface area (Å²) in [6.07, 6.45) is 0. The van der Waals surface area contributed by atoms with Gasteiger partial charge >= 0.3 is 6.03 Å². The van der Waals surface area contributed by atoms with Gasteiger partial charge in [-0.2, -0.15) is 5.10 Å². The van der Waals surface area contributed by atoms with Crippen LogP contribution in [0.2, 0.25) is 5.02 Å². The van der Waals surface area contributed by atoms with E-state index in [9.17, 15) is 9.59 Å².